The maximum Gasteiger partial charge on any atom is 0.265 e. The second-order valence-electron chi connectivity index (χ2n) is 6.14. The summed E-state index contributed by atoms with van der Waals surface area (Å²) in [7, 11) is 0. The summed E-state index contributed by atoms with van der Waals surface area (Å²) in [6, 6.07) is 6.58. The van der Waals surface area contributed by atoms with Crippen molar-refractivity contribution in [2.45, 2.75) is 40.2 Å². The molecule has 2 rings (SSSR count). The zero-order valence-electron chi connectivity index (χ0n) is 13.5. The lowest BCUT2D eigenvalue weighted by molar-refractivity contribution is -0.121. The lowest BCUT2D eigenvalue weighted by Gasteiger charge is -2.29. The number of likely N-dealkylation sites (N-methyl/N-ethyl adjacent to an activating group) is 1. The average molecular weight is 290 g/mol. The topological polar surface area (TPSA) is 41.6 Å². The number of hydrogen-bond donors (Lipinski definition) is 1. The first-order valence-electron chi connectivity index (χ1n) is 7.80. The van der Waals surface area contributed by atoms with Gasteiger partial charge in [0.15, 0.2) is 6.61 Å². The molecule has 4 heteroatoms. The first kappa shape index (κ1) is 15.8. The van der Waals surface area contributed by atoms with Gasteiger partial charge in [0.05, 0.1) is 5.69 Å². The Kier molecular flexibility index (Phi) is 5.23. The number of ether oxygens (including phenoxy) is 1. The fourth-order valence-electron chi connectivity index (χ4n) is 2.58. The van der Waals surface area contributed by atoms with Crippen molar-refractivity contribution in [1.82, 2.24) is 5.32 Å². The van der Waals surface area contributed by atoms with E-state index in [4.69, 9.17) is 4.74 Å². The third-order valence-corrected chi connectivity index (χ3v) is 3.70. The van der Waals surface area contributed by atoms with E-state index in [1.165, 1.54) is 5.56 Å². The lowest BCUT2D eigenvalue weighted by atomic mass is 10.0. The number of carbonyl (C=O) groups excluding carboxylic acids is 1. The molecule has 0 saturated heterocycles. The van der Waals surface area contributed by atoms with Gasteiger partial charge in [-0.25, -0.2) is 0 Å². The van der Waals surface area contributed by atoms with Gasteiger partial charge >= 0.3 is 0 Å². The second kappa shape index (κ2) is 6.94. The summed E-state index contributed by atoms with van der Waals surface area (Å²) in [6.07, 6.45) is 0.950. The summed E-state index contributed by atoms with van der Waals surface area (Å²) < 4.78 is 5.50. The van der Waals surface area contributed by atoms with Gasteiger partial charge in [-0.1, -0.05) is 19.9 Å². The highest BCUT2D eigenvalue weighted by molar-refractivity contribution is 5.97. The minimum Gasteiger partial charge on any atom is -0.482 e. The van der Waals surface area contributed by atoms with Crippen molar-refractivity contribution >= 4 is 11.6 Å². The van der Waals surface area contributed by atoms with Gasteiger partial charge in [0.2, 0.25) is 0 Å². The first-order valence-corrected chi connectivity index (χ1v) is 7.80. The predicted molar refractivity (Wildman–Crippen MR) is 86.0 cm³/mol. The summed E-state index contributed by atoms with van der Waals surface area (Å²) in [4.78, 5) is 13.7. The van der Waals surface area contributed by atoms with Crippen molar-refractivity contribution in [2.24, 2.45) is 5.92 Å². The molecule has 4 nitrogen and oxygen atoms in total. The van der Waals surface area contributed by atoms with Crippen LogP contribution >= 0.6 is 0 Å². The zero-order valence-corrected chi connectivity index (χ0v) is 13.5. The van der Waals surface area contributed by atoms with Crippen molar-refractivity contribution in [1.29, 1.82) is 0 Å². The molecule has 1 amide bonds. The molecule has 1 aromatic rings. The number of fused-ring (bicyclic) bond motifs is 1. The van der Waals surface area contributed by atoms with E-state index in [1.807, 2.05) is 13.0 Å². The van der Waals surface area contributed by atoms with Gasteiger partial charge < -0.3 is 15.0 Å². The van der Waals surface area contributed by atoms with Crippen molar-refractivity contribution in [3.8, 4) is 5.75 Å². The van der Waals surface area contributed by atoms with Crippen LogP contribution in [0.3, 0.4) is 0 Å². The molecule has 1 aliphatic heterocycles. The Balaban J connectivity index is 2.09. The normalized spacial score (nSPS) is 15.9. The molecule has 0 spiro atoms. The molecule has 1 aromatic carbocycles. The Hall–Kier alpha value is -1.55. The molecule has 1 N–H and O–H groups in total. The summed E-state index contributed by atoms with van der Waals surface area (Å²) in [6.45, 7) is 10.5. The Morgan fingerprint density at radius 2 is 2.10 bits per heavy atom. The standard InChI is InChI=1S/C17H26N2O2/c1-5-19-15-9-14(8-13(4)18-10-12(2)3)6-7-16(15)21-11-17(19)20/h6-7,9,12-13,18H,5,8,10-11H2,1-4H3. The smallest absolute Gasteiger partial charge is 0.265 e. The highest BCUT2D eigenvalue weighted by atomic mass is 16.5. The third kappa shape index (κ3) is 3.97. The number of amides is 1. The van der Waals surface area contributed by atoms with Crippen LogP contribution in [0.15, 0.2) is 18.2 Å². The maximum absolute atomic E-state index is 11.9. The van der Waals surface area contributed by atoms with E-state index in [1.54, 1.807) is 4.90 Å². The fourth-order valence-corrected chi connectivity index (χ4v) is 2.58. The summed E-state index contributed by atoms with van der Waals surface area (Å²) >= 11 is 0. The number of carbonyl (C=O) groups is 1. The number of hydrogen-bond acceptors (Lipinski definition) is 3. The second-order valence-corrected chi connectivity index (χ2v) is 6.14. The average Bonchev–Trinajstić information content (AvgIpc) is 2.45. The number of rotatable bonds is 6. The highest BCUT2D eigenvalue weighted by Crippen LogP contribution is 2.33. The van der Waals surface area contributed by atoms with Gasteiger partial charge in [0.25, 0.3) is 5.91 Å². The summed E-state index contributed by atoms with van der Waals surface area (Å²) in [5.74, 6) is 1.49. The molecule has 21 heavy (non-hydrogen) atoms. The Morgan fingerprint density at radius 3 is 2.76 bits per heavy atom. The molecule has 0 aromatic heterocycles. The maximum atomic E-state index is 11.9. The van der Waals surface area contributed by atoms with Gasteiger partial charge in [-0.2, -0.15) is 0 Å². The van der Waals surface area contributed by atoms with Gasteiger partial charge in [0, 0.05) is 12.6 Å². The molecule has 1 heterocycles. The minimum absolute atomic E-state index is 0.0353. The van der Waals surface area contributed by atoms with E-state index in [2.05, 4.69) is 38.2 Å². The SMILES string of the molecule is CCN1C(=O)COc2ccc(CC(C)NCC(C)C)cc21. The van der Waals surface area contributed by atoms with E-state index in [0.717, 1.165) is 24.4 Å². The Morgan fingerprint density at radius 1 is 1.33 bits per heavy atom. The quantitative estimate of drug-likeness (QED) is 0.875. The number of nitrogens with zero attached hydrogens (tertiary/aromatic N) is 1. The molecule has 1 unspecified atom stereocenters. The van der Waals surface area contributed by atoms with Crippen molar-refractivity contribution in [3.63, 3.8) is 0 Å². The molecule has 116 valence electrons. The molecular weight excluding hydrogens is 264 g/mol. The van der Waals surface area contributed by atoms with Crippen LogP contribution in [0.5, 0.6) is 5.75 Å². The summed E-state index contributed by atoms with van der Waals surface area (Å²) in [5.41, 5.74) is 2.14. The van der Waals surface area contributed by atoms with Gasteiger partial charge in [0.1, 0.15) is 5.75 Å². The van der Waals surface area contributed by atoms with Crippen LogP contribution in [-0.4, -0.2) is 31.6 Å². The Bertz CT molecular complexity index is 500. The monoisotopic (exact) mass is 290 g/mol. The fraction of sp³-hybridized carbons (Fsp3) is 0.588. The first-order chi connectivity index (χ1) is 10.0. The van der Waals surface area contributed by atoms with Crippen LogP contribution in [-0.2, 0) is 11.2 Å². The number of nitrogens with one attached hydrogen (secondary N) is 1. The van der Waals surface area contributed by atoms with Crippen LogP contribution in [0.25, 0.3) is 0 Å². The number of benzene rings is 1. The van der Waals surface area contributed by atoms with E-state index < -0.39 is 0 Å². The molecule has 0 aliphatic carbocycles. The van der Waals surface area contributed by atoms with Crippen LogP contribution in [0, 0.1) is 5.92 Å². The van der Waals surface area contributed by atoms with E-state index >= 15 is 0 Å². The minimum atomic E-state index is 0.0353. The van der Waals surface area contributed by atoms with Gasteiger partial charge in [-0.15, -0.1) is 0 Å². The zero-order chi connectivity index (χ0) is 15.4. The molecule has 0 radical (unpaired) electrons. The van der Waals surface area contributed by atoms with Crippen molar-refractivity contribution in [3.05, 3.63) is 23.8 Å². The predicted octanol–water partition coefficient (Wildman–Crippen LogP) is 2.61. The van der Waals surface area contributed by atoms with Crippen LogP contribution in [0.2, 0.25) is 0 Å². The molecule has 0 bridgehead atoms. The van der Waals surface area contributed by atoms with Gasteiger partial charge in [-0.3, -0.25) is 4.79 Å². The summed E-state index contributed by atoms with van der Waals surface area (Å²) in [5, 5.41) is 3.53. The highest BCUT2D eigenvalue weighted by Gasteiger charge is 2.24. The third-order valence-electron chi connectivity index (χ3n) is 3.70. The van der Waals surface area contributed by atoms with Crippen LogP contribution in [0.1, 0.15) is 33.3 Å². The largest absolute Gasteiger partial charge is 0.482 e. The molecule has 0 fully saturated rings. The van der Waals surface area contributed by atoms with Gasteiger partial charge in [-0.05, 0) is 50.4 Å². The van der Waals surface area contributed by atoms with Crippen LogP contribution < -0.4 is 15.0 Å². The molecular formula is C17H26N2O2. The number of anilines is 1. The Labute approximate surface area is 127 Å². The lowest BCUT2D eigenvalue weighted by Crippen LogP contribution is -2.38. The van der Waals surface area contributed by atoms with E-state index in [0.29, 0.717) is 18.5 Å². The van der Waals surface area contributed by atoms with E-state index in [9.17, 15) is 4.79 Å². The van der Waals surface area contributed by atoms with E-state index in [-0.39, 0.29) is 12.5 Å². The van der Waals surface area contributed by atoms with Crippen molar-refractivity contribution in [2.75, 3.05) is 24.6 Å². The molecule has 1 aliphatic rings. The molecule has 1 atom stereocenters. The van der Waals surface area contributed by atoms with Crippen LogP contribution in [0.4, 0.5) is 5.69 Å². The molecule has 0 saturated carbocycles. The van der Waals surface area contributed by atoms with Crippen molar-refractivity contribution < 1.29 is 9.53 Å².